The zero-order valence-electron chi connectivity index (χ0n) is 19.2. The summed E-state index contributed by atoms with van der Waals surface area (Å²) in [4.78, 5) is 55.6. The second-order valence-electron chi connectivity index (χ2n) is 8.57. The fourth-order valence-corrected chi connectivity index (χ4v) is 5.54. The minimum Gasteiger partial charge on any atom is -0.454 e. The van der Waals surface area contributed by atoms with E-state index >= 15 is 0 Å². The van der Waals surface area contributed by atoms with Gasteiger partial charge in [-0.1, -0.05) is 0 Å². The number of nitrogens with zero attached hydrogens (tertiary/aromatic N) is 3. The predicted molar refractivity (Wildman–Crippen MR) is 130 cm³/mol. The van der Waals surface area contributed by atoms with Crippen molar-refractivity contribution in [2.24, 2.45) is 0 Å². The van der Waals surface area contributed by atoms with Crippen LogP contribution in [-0.2, 0) is 28.3 Å². The normalized spacial score (nSPS) is 16.7. The highest BCUT2D eigenvalue weighted by Crippen LogP contribution is 2.35. The van der Waals surface area contributed by atoms with Gasteiger partial charge < -0.3 is 24.6 Å². The van der Waals surface area contributed by atoms with E-state index in [1.54, 1.807) is 16.7 Å². The molecule has 12 heteroatoms. The van der Waals surface area contributed by atoms with Crippen LogP contribution in [0.5, 0.6) is 11.5 Å². The Hall–Kier alpha value is -3.41. The number of thioether (sulfide) groups is 1. The molecule has 2 amide bonds. The van der Waals surface area contributed by atoms with E-state index in [-0.39, 0.29) is 43.7 Å². The van der Waals surface area contributed by atoms with Gasteiger partial charge in [-0.2, -0.15) is 11.8 Å². The lowest BCUT2D eigenvalue weighted by atomic mass is 10.2. The number of carbonyl (C=O) groups is 2. The van der Waals surface area contributed by atoms with Gasteiger partial charge in [0, 0.05) is 67.9 Å². The van der Waals surface area contributed by atoms with Crippen molar-refractivity contribution < 1.29 is 19.1 Å². The third-order valence-electron chi connectivity index (χ3n) is 6.50. The Morgan fingerprint density at radius 3 is 2.71 bits per heavy atom. The summed E-state index contributed by atoms with van der Waals surface area (Å²) in [7, 11) is 0. The number of hydrogen-bond donors (Lipinski definition) is 2. The van der Waals surface area contributed by atoms with Gasteiger partial charge in [0.15, 0.2) is 11.5 Å². The Morgan fingerprint density at radius 2 is 1.89 bits per heavy atom. The van der Waals surface area contributed by atoms with Gasteiger partial charge in [-0.15, -0.1) is 0 Å². The van der Waals surface area contributed by atoms with Gasteiger partial charge >= 0.3 is 5.69 Å². The maximum absolute atomic E-state index is 12.6. The number of fused-ring (bicyclic) bond motifs is 2. The average molecular weight is 502 g/mol. The zero-order chi connectivity index (χ0) is 24.4. The summed E-state index contributed by atoms with van der Waals surface area (Å²) in [6.07, 6.45) is 0.675. The predicted octanol–water partition coefficient (Wildman–Crippen LogP) is -0.0903. The smallest absolute Gasteiger partial charge is 0.328 e. The van der Waals surface area contributed by atoms with Crippen LogP contribution in [0.15, 0.2) is 27.8 Å². The number of benzene rings is 1. The third kappa shape index (κ3) is 5.02. The lowest BCUT2D eigenvalue weighted by Gasteiger charge is -2.36. The molecule has 1 aromatic carbocycles. The summed E-state index contributed by atoms with van der Waals surface area (Å²) < 4.78 is 12.3. The fraction of sp³-hybridized carbons (Fsp3) is 0.478. The molecule has 11 nitrogen and oxygen atoms in total. The Balaban J connectivity index is 1.09. The quantitative estimate of drug-likeness (QED) is 0.563. The van der Waals surface area contributed by atoms with E-state index in [1.165, 1.54) is 4.57 Å². The molecule has 0 aliphatic carbocycles. The molecule has 2 N–H and O–H groups in total. The van der Waals surface area contributed by atoms with Gasteiger partial charge in [0.1, 0.15) is 0 Å². The number of aromatic amines is 1. The Labute approximate surface area is 205 Å². The molecular formula is C23H27N5O6S. The van der Waals surface area contributed by atoms with E-state index in [9.17, 15) is 19.2 Å². The Kier molecular flexibility index (Phi) is 6.71. The number of anilines is 1. The number of H-pyrrole nitrogens is 1. The van der Waals surface area contributed by atoms with Crippen molar-refractivity contribution in [3.05, 3.63) is 50.3 Å². The molecule has 0 saturated carbocycles. The molecule has 0 bridgehead atoms. The maximum atomic E-state index is 12.6. The number of amides is 2. The molecule has 0 radical (unpaired) electrons. The first-order chi connectivity index (χ1) is 17.0. The first-order valence-corrected chi connectivity index (χ1v) is 12.8. The number of nitrogens with one attached hydrogen (secondary N) is 2. The van der Waals surface area contributed by atoms with E-state index in [4.69, 9.17) is 9.47 Å². The number of rotatable bonds is 6. The van der Waals surface area contributed by atoms with E-state index in [0.29, 0.717) is 49.6 Å². The first kappa shape index (κ1) is 23.3. The zero-order valence-corrected chi connectivity index (χ0v) is 20.0. The van der Waals surface area contributed by atoms with Gasteiger partial charge in [0.05, 0.1) is 6.54 Å². The highest BCUT2D eigenvalue weighted by molar-refractivity contribution is 7.98. The molecule has 2 aromatic rings. The largest absolute Gasteiger partial charge is 0.454 e. The number of aromatic nitrogens is 2. The van der Waals surface area contributed by atoms with Gasteiger partial charge in [0.25, 0.3) is 5.56 Å². The van der Waals surface area contributed by atoms with E-state index < -0.39 is 5.69 Å². The first-order valence-electron chi connectivity index (χ1n) is 11.6. The van der Waals surface area contributed by atoms with Crippen LogP contribution in [0.1, 0.15) is 17.7 Å². The third-order valence-corrected chi connectivity index (χ3v) is 7.48. The topological polar surface area (TPSA) is 126 Å². The number of piperazine rings is 1. The SMILES string of the molecule is O=C(CCn1c2c(c(=O)[nH]c1=O)CSCC2)NCC(=O)N1CCN(c2ccc3c(c2)OCO3)CC1. The number of carbonyl (C=O) groups excluding carboxylic acids is 2. The molecule has 0 unspecified atom stereocenters. The summed E-state index contributed by atoms with van der Waals surface area (Å²) in [5.41, 5.74) is 1.50. The molecule has 3 aliphatic heterocycles. The lowest BCUT2D eigenvalue weighted by Crippen LogP contribution is -2.51. The highest BCUT2D eigenvalue weighted by atomic mass is 32.2. The summed E-state index contributed by atoms with van der Waals surface area (Å²) in [5, 5.41) is 2.67. The van der Waals surface area contributed by atoms with Crippen LogP contribution in [0.4, 0.5) is 5.69 Å². The van der Waals surface area contributed by atoms with Crippen molar-refractivity contribution in [1.29, 1.82) is 0 Å². The Morgan fingerprint density at radius 1 is 1.09 bits per heavy atom. The molecule has 1 fully saturated rings. The molecule has 1 aromatic heterocycles. The molecule has 0 atom stereocenters. The van der Waals surface area contributed by atoms with Crippen LogP contribution >= 0.6 is 11.8 Å². The monoisotopic (exact) mass is 501 g/mol. The average Bonchev–Trinajstić information content (AvgIpc) is 3.35. The molecule has 1 saturated heterocycles. The molecule has 186 valence electrons. The van der Waals surface area contributed by atoms with Crippen LogP contribution in [0.2, 0.25) is 0 Å². The van der Waals surface area contributed by atoms with Crippen LogP contribution in [0, 0.1) is 0 Å². The summed E-state index contributed by atoms with van der Waals surface area (Å²) in [5.74, 6) is 2.41. The van der Waals surface area contributed by atoms with Crippen LogP contribution in [-0.4, -0.2) is 71.5 Å². The van der Waals surface area contributed by atoms with E-state index in [2.05, 4.69) is 15.2 Å². The van der Waals surface area contributed by atoms with Crippen molar-refractivity contribution in [3.8, 4) is 11.5 Å². The maximum Gasteiger partial charge on any atom is 0.328 e. The fourth-order valence-electron chi connectivity index (χ4n) is 4.55. The summed E-state index contributed by atoms with van der Waals surface area (Å²) >= 11 is 1.65. The van der Waals surface area contributed by atoms with Crippen molar-refractivity contribution in [3.63, 3.8) is 0 Å². The number of ether oxygens (including phenoxy) is 2. The Bertz CT molecular complexity index is 1250. The van der Waals surface area contributed by atoms with Crippen molar-refractivity contribution in [2.75, 3.05) is 50.2 Å². The van der Waals surface area contributed by atoms with Crippen LogP contribution in [0.25, 0.3) is 0 Å². The molecule has 0 spiro atoms. The van der Waals surface area contributed by atoms with Gasteiger partial charge in [-0.25, -0.2) is 4.79 Å². The summed E-state index contributed by atoms with van der Waals surface area (Å²) in [6, 6.07) is 5.82. The van der Waals surface area contributed by atoms with Crippen molar-refractivity contribution in [1.82, 2.24) is 19.8 Å². The van der Waals surface area contributed by atoms with Gasteiger partial charge in [-0.05, 0) is 24.3 Å². The highest BCUT2D eigenvalue weighted by Gasteiger charge is 2.24. The second kappa shape index (κ2) is 10.1. The standard InChI is InChI=1S/C23H27N5O6S/c29-20(3-5-28-17-4-10-35-13-16(17)22(31)25-23(28)32)24-12-21(30)27-8-6-26(7-9-27)15-1-2-18-19(11-15)34-14-33-18/h1-2,11H,3-10,12-14H2,(H,24,29)(H,25,31,32). The number of hydrogen-bond acceptors (Lipinski definition) is 8. The van der Waals surface area contributed by atoms with E-state index in [0.717, 1.165) is 22.9 Å². The molecule has 5 rings (SSSR count). The summed E-state index contributed by atoms with van der Waals surface area (Å²) in [6.45, 7) is 2.78. The lowest BCUT2D eigenvalue weighted by molar-refractivity contribution is -0.133. The van der Waals surface area contributed by atoms with Crippen molar-refractivity contribution >= 4 is 29.3 Å². The second-order valence-corrected chi connectivity index (χ2v) is 9.68. The van der Waals surface area contributed by atoms with Crippen molar-refractivity contribution in [2.45, 2.75) is 25.1 Å². The molecule has 3 aliphatic rings. The van der Waals surface area contributed by atoms with Gasteiger partial charge in [-0.3, -0.25) is 23.9 Å². The van der Waals surface area contributed by atoms with Gasteiger partial charge in [0.2, 0.25) is 18.6 Å². The molecule has 35 heavy (non-hydrogen) atoms. The molecule has 4 heterocycles. The minimum atomic E-state index is -0.496. The minimum absolute atomic E-state index is 0.0523. The molecular weight excluding hydrogens is 474 g/mol. The van der Waals surface area contributed by atoms with Crippen LogP contribution < -0.4 is 30.9 Å². The van der Waals surface area contributed by atoms with Crippen LogP contribution in [0.3, 0.4) is 0 Å². The van der Waals surface area contributed by atoms with E-state index in [1.807, 2.05) is 18.2 Å².